The molecule has 0 spiro atoms. The number of carbonyl (C=O) groups is 1. The highest BCUT2D eigenvalue weighted by molar-refractivity contribution is 7.99. The molecule has 1 amide bonds. The van der Waals surface area contributed by atoms with E-state index in [-0.39, 0.29) is 18.3 Å². The van der Waals surface area contributed by atoms with Crippen molar-refractivity contribution in [3.8, 4) is 17.2 Å². The summed E-state index contributed by atoms with van der Waals surface area (Å²) in [6.45, 7) is 0.977. The number of ether oxygens (including phenoxy) is 2. The smallest absolute Gasteiger partial charge is 0.237 e. The number of para-hydroxylation sites is 2. The van der Waals surface area contributed by atoms with Crippen LogP contribution in [0.2, 0.25) is 0 Å². The van der Waals surface area contributed by atoms with Gasteiger partial charge in [0.25, 0.3) is 0 Å². The van der Waals surface area contributed by atoms with Crippen molar-refractivity contribution in [1.82, 2.24) is 14.8 Å². The largest absolute Gasteiger partial charge is 0.497 e. The lowest BCUT2D eigenvalue weighted by atomic mass is 10.0. The van der Waals surface area contributed by atoms with Gasteiger partial charge in [0.1, 0.15) is 18.1 Å². The average Bonchev–Trinajstić information content (AvgIpc) is 3.33. The van der Waals surface area contributed by atoms with E-state index in [1.54, 1.807) is 7.11 Å². The molecule has 0 unspecified atom stereocenters. The van der Waals surface area contributed by atoms with Gasteiger partial charge >= 0.3 is 0 Å². The first-order valence-electron chi connectivity index (χ1n) is 11.5. The molecule has 35 heavy (non-hydrogen) atoms. The van der Waals surface area contributed by atoms with Gasteiger partial charge in [0.05, 0.1) is 12.9 Å². The number of aromatic nitrogens is 3. The number of aryl methyl sites for hydroxylation is 1. The summed E-state index contributed by atoms with van der Waals surface area (Å²) in [7, 11) is 1.63. The second kappa shape index (κ2) is 10.7. The predicted octanol–water partition coefficient (Wildman–Crippen LogP) is 4.93. The Morgan fingerprint density at radius 1 is 0.943 bits per heavy atom. The Kier molecular flexibility index (Phi) is 6.99. The van der Waals surface area contributed by atoms with Crippen LogP contribution in [0.25, 0.3) is 5.69 Å². The highest BCUT2D eigenvalue weighted by Gasteiger charge is 2.23. The van der Waals surface area contributed by atoms with Crippen LogP contribution in [0.5, 0.6) is 11.5 Å². The number of benzene rings is 3. The van der Waals surface area contributed by atoms with E-state index in [2.05, 4.69) is 16.3 Å². The first kappa shape index (κ1) is 23.0. The van der Waals surface area contributed by atoms with Gasteiger partial charge in [-0.2, -0.15) is 0 Å². The molecule has 0 fully saturated rings. The molecular weight excluding hydrogens is 460 g/mol. The molecule has 1 aromatic heterocycles. The van der Waals surface area contributed by atoms with E-state index < -0.39 is 0 Å². The lowest BCUT2D eigenvalue weighted by molar-refractivity contribution is -0.116. The Bertz CT molecular complexity index is 1290. The fraction of sp³-hybridized carbons (Fsp3) is 0.222. The van der Waals surface area contributed by atoms with E-state index in [4.69, 9.17) is 9.47 Å². The molecule has 1 aliphatic rings. The zero-order valence-electron chi connectivity index (χ0n) is 19.5. The summed E-state index contributed by atoms with van der Waals surface area (Å²) >= 11 is 1.39. The van der Waals surface area contributed by atoms with E-state index >= 15 is 0 Å². The summed E-state index contributed by atoms with van der Waals surface area (Å²) in [6.07, 6.45) is 1.98. The van der Waals surface area contributed by atoms with Gasteiger partial charge in [-0.05, 0) is 60.9 Å². The average molecular weight is 487 g/mol. The monoisotopic (exact) mass is 486 g/mol. The highest BCUT2D eigenvalue weighted by atomic mass is 32.2. The number of anilines is 1. The lowest BCUT2D eigenvalue weighted by Gasteiger charge is -2.29. The molecule has 0 bridgehead atoms. The molecule has 8 heteroatoms. The SMILES string of the molecule is COc1ccc(OCc2nnc(SCC(=O)N3CCCc4ccccc43)n2-c2ccccc2)cc1. The molecule has 178 valence electrons. The maximum Gasteiger partial charge on any atom is 0.237 e. The van der Waals surface area contributed by atoms with Crippen molar-refractivity contribution in [1.29, 1.82) is 0 Å². The number of methoxy groups -OCH3 is 1. The molecule has 4 aromatic rings. The molecule has 0 N–H and O–H groups in total. The molecule has 0 saturated heterocycles. The van der Waals surface area contributed by atoms with Gasteiger partial charge in [0.2, 0.25) is 5.91 Å². The van der Waals surface area contributed by atoms with Gasteiger partial charge in [-0.15, -0.1) is 10.2 Å². The van der Waals surface area contributed by atoms with Crippen LogP contribution in [-0.4, -0.2) is 40.1 Å². The number of carbonyl (C=O) groups excluding carboxylic acids is 1. The van der Waals surface area contributed by atoms with Crippen LogP contribution in [0, 0.1) is 0 Å². The summed E-state index contributed by atoms with van der Waals surface area (Å²) in [5.41, 5.74) is 3.16. The fourth-order valence-electron chi connectivity index (χ4n) is 4.14. The summed E-state index contributed by atoms with van der Waals surface area (Å²) in [4.78, 5) is 15.1. The van der Waals surface area contributed by atoms with Crippen LogP contribution in [-0.2, 0) is 17.8 Å². The zero-order chi connectivity index (χ0) is 24.0. The number of hydrogen-bond donors (Lipinski definition) is 0. The van der Waals surface area contributed by atoms with Crippen LogP contribution in [0.3, 0.4) is 0 Å². The van der Waals surface area contributed by atoms with Gasteiger partial charge in [-0.3, -0.25) is 9.36 Å². The Balaban J connectivity index is 1.33. The summed E-state index contributed by atoms with van der Waals surface area (Å²) in [5, 5.41) is 9.44. The second-order valence-electron chi connectivity index (χ2n) is 8.10. The molecule has 1 aliphatic heterocycles. The molecule has 2 heterocycles. The van der Waals surface area contributed by atoms with E-state index in [0.29, 0.717) is 16.7 Å². The Morgan fingerprint density at radius 3 is 2.49 bits per heavy atom. The minimum atomic E-state index is 0.0702. The lowest BCUT2D eigenvalue weighted by Crippen LogP contribution is -2.36. The molecule has 0 saturated carbocycles. The number of amides is 1. The van der Waals surface area contributed by atoms with Crippen molar-refractivity contribution in [3.05, 3.63) is 90.3 Å². The van der Waals surface area contributed by atoms with Crippen molar-refractivity contribution in [3.63, 3.8) is 0 Å². The van der Waals surface area contributed by atoms with Crippen molar-refractivity contribution < 1.29 is 14.3 Å². The number of hydrogen-bond acceptors (Lipinski definition) is 6. The van der Waals surface area contributed by atoms with E-state index in [0.717, 1.165) is 36.5 Å². The van der Waals surface area contributed by atoms with Gasteiger partial charge < -0.3 is 14.4 Å². The first-order valence-corrected chi connectivity index (χ1v) is 12.5. The molecule has 0 aliphatic carbocycles. The quantitative estimate of drug-likeness (QED) is 0.329. The molecule has 3 aromatic carbocycles. The van der Waals surface area contributed by atoms with Crippen molar-refractivity contribution >= 4 is 23.4 Å². The van der Waals surface area contributed by atoms with Gasteiger partial charge in [-0.25, -0.2) is 0 Å². The van der Waals surface area contributed by atoms with Crippen LogP contribution in [0.1, 0.15) is 17.8 Å². The van der Waals surface area contributed by atoms with Gasteiger partial charge in [0, 0.05) is 17.9 Å². The van der Waals surface area contributed by atoms with Crippen LogP contribution < -0.4 is 14.4 Å². The molecule has 7 nitrogen and oxygen atoms in total. The van der Waals surface area contributed by atoms with Crippen molar-refractivity contribution in [2.75, 3.05) is 24.3 Å². The van der Waals surface area contributed by atoms with Crippen LogP contribution in [0.15, 0.2) is 84.0 Å². The number of thioether (sulfide) groups is 1. The summed E-state index contributed by atoms with van der Waals surface area (Å²) < 4.78 is 13.1. The molecular formula is C27H26N4O3S. The maximum atomic E-state index is 13.2. The van der Waals surface area contributed by atoms with Crippen LogP contribution in [0.4, 0.5) is 5.69 Å². The minimum Gasteiger partial charge on any atom is -0.497 e. The first-order chi connectivity index (χ1) is 17.2. The number of nitrogens with zero attached hydrogens (tertiary/aromatic N) is 4. The topological polar surface area (TPSA) is 69.5 Å². The van der Waals surface area contributed by atoms with E-state index in [9.17, 15) is 4.79 Å². The van der Waals surface area contributed by atoms with E-state index in [1.165, 1.54) is 17.3 Å². The highest BCUT2D eigenvalue weighted by Crippen LogP contribution is 2.29. The normalized spacial score (nSPS) is 12.8. The standard InChI is InChI=1S/C27H26N4O3S/c1-33-22-13-15-23(16-14-22)34-18-25-28-29-27(31(25)21-10-3-2-4-11-21)35-19-26(32)30-17-7-9-20-8-5-6-12-24(20)30/h2-6,8,10-16H,7,9,17-19H2,1H3. The molecule has 5 rings (SSSR count). The Hall–Kier alpha value is -3.78. The molecule has 0 radical (unpaired) electrons. The van der Waals surface area contributed by atoms with Gasteiger partial charge in [-0.1, -0.05) is 48.2 Å². The summed E-state index contributed by atoms with van der Waals surface area (Å²) in [5.74, 6) is 2.48. The van der Waals surface area contributed by atoms with Gasteiger partial charge in [0.15, 0.2) is 11.0 Å². The van der Waals surface area contributed by atoms with Crippen molar-refractivity contribution in [2.24, 2.45) is 0 Å². The number of rotatable bonds is 8. The second-order valence-corrected chi connectivity index (χ2v) is 9.04. The summed E-state index contributed by atoms with van der Waals surface area (Å²) in [6, 6.07) is 25.4. The number of fused-ring (bicyclic) bond motifs is 1. The minimum absolute atomic E-state index is 0.0702. The zero-order valence-corrected chi connectivity index (χ0v) is 20.3. The third kappa shape index (κ3) is 5.17. The predicted molar refractivity (Wildman–Crippen MR) is 137 cm³/mol. The third-order valence-electron chi connectivity index (χ3n) is 5.88. The Morgan fingerprint density at radius 2 is 1.69 bits per heavy atom. The molecule has 0 atom stereocenters. The van der Waals surface area contributed by atoms with E-state index in [1.807, 2.05) is 82.3 Å². The third-order valence-corrected chi connectivity index (χ3v) is 6.79. The fourth-order valence-corrected chi connectivity index (χ4v) is 4.99. The van der Waals surface area contributed by atoms with Crippen molar-refractivity contribution in [2.45, 2.75) is 24.6 Å². The maximum absolute atomic E-state index is 13.2. The Labute approximate surface area is 208 Å². The van der Waals surface area contributed by atoms with Crippen LogP contribution >= 0.6 is 11.8 Å².